The van der Waals surface area contributed by atoms with Crippen molar-refractivity contribution in [2.24, 2.45) is 5.92 Å². The van der Waals surface area contributed by atoms with Crippen molar-refractivity contribution in [1.29, 1.82) is 0 Å². The number of aromatic nitrogens is 1. The number of likely N-dealkylation sites (tertiary alicyclic amines) is 1. The Hall–Kier alpha value is -1.73. The van der Waals surface area contributed by atoms with Gasteiger partial charge in [-0.1, -0.05) is 6.92 Å². The van der Waals surface area contributed by atoms with Crippen molar-refractivity contribution >= 4 is 39.6 Å². The molecular formula is C18H21N3O2S2. The van der Waals surface area contributed by atoms with Gasteiger partial charge in [0.25, 0.3) is 5.91 Å². The maximum atomic E-state index is 13.0. The first-order valence-electron chi connectivity index (χ1n) is 8.74. The van der Waals surface area contributed by atoms with Gasteiger partial charge in [0.15, 0.2) is 5.13 Å². The molecule has 0 spiro atoms. The van der Waals surface area contributed by atoms with Gasteiger partial charge in [-0.25, -0.2) is 4.98 Å². The normalized spacial score (nSPS) is 22.7. The highest BCUT2D eigenvalue weighted by molar-refractivity contribution is 7.14. The standard InChI is InChI=1S/C18H21N3O2S2/c1-11-4-5-14-12(9-11)10-15(25-14)17(23)21-7-2-3-13(21)16(22)20-18-19-6-8-24-18/h6,8,10-11,13H,2-5,7,9H2,1H3,(H,19,20,22)/t11-,13+/m0/s1. The van der Waals surface area contributed by atoms with Crippen molar-refractivity contribution in [2.45, 2.75) is 45.1 Å². The third kappa shape index (κ3) is 3.35. The maximum absolute atomic E-state index is 13.0. The van der Waals surface area contributed by atoms with Crippen LogP contribution in [-0.2, 0) is 17.6 Å². The Bertz CT molecular complexity index is 784. The summed E-state index contributed by atoms with van der Waals surface area (Å²) >= 11 is 3.01. The van der Waals surface area contributed by atoms with E-state index in [0.717, 1.165) is 24.1 Å². The largest absolute Gasteiger partial charge is 0.326 e. The van der Waals surface area contributed by atoms with Crippen molar-refractivity contribution in [3.8, 4) is 0 Å². The molecule has 0 saturated carbocycles. The highest BCUT2D eigenvalue weighted by Gasteiger charge is 2.36. The number of anilines is 1. The monoisotopic (exact) mass is 375 g/mol. The minimum atomic E-state index is -0.394. The number of thiazole rings is 1. The first kappa shape index (κ1) is 16.7. The van der Waals surface area contributed by atoms with Gasteiger partial charge in [0.05, 0.1) is 4.88 Å². The molecule has 7 heteroatoms. The summed E-state index contributed by atoms with van der Waals surface area (Å²) in [7, 11) is 0. The summed E-state index contributed by atoms with van der Waals surface area (Å²) in [4.78, 5) is 33.5. The zero-order valence-electron chi connectivity index (χ0n) is 14.2. The van der Waals surface area contributed by atoms with E-state index < -0.39 is 6.04 Å². The van der Waals surface area contributed by atoms with Crippen LogP contribution in [0.2, 0.25) is 0 Å². The van der Waals surface area contributed by atoms with Crippen LogP contribution in [0.15, 0.2) is 17.6 Å². The Labute approximate surface area is 155 Å². The molecule has 1 N–H and O–H groups in total. The lowest BCUT2D eigenvalue weighted by Gasteiger charge is -2.22. The van der Waals surface area contributed by atoms with Crippen LogP contribution >= 0.6 is 22.7 Å². The summed E-state index contributed by atoms with van der Waals surface area (Å²) < 4.78 is 0. The average Bonchev–Trinajstić information content (AvgIpc) is 3.33. The van der Waals surface area contributed by atoms with Gasteiger partial charge in [0, 0.05) is 23.0 Å². The van der Waals surface area contributed by atoms with Crippen LogP contribution in [0.5, 0.6) is 0 Å². The minimum absolute atomic E-state index is 0.00356. The lowest BCUT2D eigenvalue weighted by Crippen LogP contribution is -2.42. The van der Waals surface area contributed by atoms with Crippen molar-refractivity contribution in [1.82, 2.24) is 9.88 Å². The zero-order valence-corrected chi connectivity index (χ0v) is 15.8. The van der Waals surface area contributed by atoms with Crippen LogP contribution in [0.4, 0.5) is 5.13 Å². The van der Waals surface area contributed by atoms with Crippen LogP contribution in [0.3, 0.4) is 0 Å². The molecular weight excluding hydrogens is 354 g/mol. The lowest BCUT2D eigenvalue weighted by molar-refractivity contribution is -0.119. The van der Waals surface area contributed by atoms with Crippen molar-refractivity contribution < 1.29 is 9.59 Å². The molecule has 2 aromatic heterocycles. The SMILES string of the molecule is C[C@H]1CCc2sc(C(=O)N3CCC[C@@H]3C(=O)Nc3nccs3)cc2C1. The van der Waals surface area contributed by atoms with Crippen LogP contribution < -0.4 is 5.32 Å². The number of thiophene rings is 1. The van der Waals surface area contributed by atoms with Gasteiger partial charge in [-0.05, 0) is 49.7 Å². The van der Waals surface area contributed by atoms with E-state index in [1.807, 2.05) is 5.38 Å². The fraction of sp³-hybridized carbons (Fsp3) is 0.500. The van der Waals surface area contributed by atoms with Crippen molar-refractivity contribution in [2.75, 3.05) is 11.9 Å². The highest BCUT2D eigenvalue weighted by atomic mass is 32.1. The number of nitrogens with zero attached hydrogens (tertiary/aromatic N) is 2. The maximum Gasteiger partial charge on any atom is 0.264 e. The quantitative estimate of drug-likeness (QED) is 0.892. The van der Waals surface area contributed by atoms with E-state index in [4.69, 9.17) is 0 Å². The molecule has 4 rings (SSSR count). The summed E-state index contributed by atoms with van der Waals surface area (Å²) in [5.74, 6) is 0.563. The molecule has 2 aliphatic rings. The summed E-state index contributed by atoms with van der Waals surface area (Å²) in [5, 5.41) is 5.24. The second-order valence-corrected chi connectivity index (χ2v) is 8.92. The minimum Gasteiger partial charge on any atom is -0.326 e. The van der Waals surface area contributed by atoms with E-state index in [0.29, 0.717) is 24.0 Å². The van der Waals surface area contributed by atoms with E-state index in [9.17, 15) is 9.59 Å². The van der Waals surface area contributed by atoms with E-state index in [-0.39, 0.29) is 11.8 Å². The number of rotatable bonds is 3. The van der Waals surface area contributed by atoms with E-state index in [1.54, 1.807) is 22.4 Å². The Balaban J connectivity index is 1.50. The van der Waals surface area contributed by atoms with Crippen LogP contribution in [0.25, 0.3) is 0 Å². The summed E-state index contributed by atoms with van der Waals surface area (Å²) in [6.45, 7) is 2.91. The molecule has 0 radical (unpaired) electrons. The zero-order chi connectivity index (χ0) is 17.4. The van der Waals surface area contributed by atoms with Crippen LogP contribution in [0.1, 0.15) is 46.3 Å². The number of carbonyl (C=O) groups excluding carboxylic acids is 2. The predicted molar refractivity (Wildman–Crippen MR) is 100 cm³/mol. The molecule has 3 heterocycles. The number of carbonyl (C=O) groups is 2. The van der Waals surface area contributed by atoms with Gasteiger partial charge in [-0.3, -0.25) is 9.59 Å². The third-order valence-electron chi connectivity index (χ3n) is 5.02. The Kier molecular flexibility index (Phi) is 4.60. The van der Waals surface area contributed by atoms with Gasteiger partial charge in [0.2, 0.25) is 5.91 Å². The number of aryl methyl sites for hydroxylation is 1. The second kappa shape index (κ2) is 6.88. The molecule has 1 fully saturated rings. The van der Waals surface area contributed by atoms with Crippen molar-refractivity contribution in [3.63, 3.8) is 0 Å². The number of amides is 2. The Morgan fingerprint density at radius 1 is 1.36 bits per heavy atom. The van der Waals surface area contributed by atoms with E-state index in [2.05, 4.69) is 23.3 Å². The first-order chi connectivity index (χ1) is 12.1. The Morgan fingerprint density at radius 2 is 2.24 bits per heavy atom. The molecule has 2 atom stereocenters. The van der Waals surface area contributed by atoms with Crippen molar-refractivity contribution in [3.05, 3.63) is 33.0 Å². The molecule has 0 unspecified atom stereocenters. The summed E-state index contributed by atoms with van der Waals surface area (Å²) in [6.07, 6.45) is 6.57. The van der Waals surface area contributed by atoms with Gasteiger partial charge >= 0.3 is 0 Å². The molecule has 25 heavy (non-hydrogen) atoms. The van der Waals surface area contributed by atoms with Gasteiger partial charge < -0.3 is 10.2 Å². The van der Waals surface area contributed by atoms with Crippen LogP contribution in [-0.4, -0.2) is 34.3 Å². The van der Waals surface area contributed by atoms with E-state index in [1.165, 1.54) is 28.2 Å². The third-order valence-corrected chi connectivity index (χ3v) is 6.93. The lowest BCUT2D eigenvalue weighted by atomic mass is 9.90. The number of nitrogens with one attached hydrogen (secondary N) is 1. The van der Waals surface area contributed by atoms with Gasteiger partial charge in [-0.15, -0.1) is 22.7 Å². The topological polar surface area (TPSA) is 62.3 Å². The van der Waals surface area contributed by atoms with Crippen LogP contribution in [0, 0.1) is 5.92 Å². The first-order valence-corrected chi connectivity index (χ1v) is 10.4. The molecule has 132 valence electrons. The number of hydrogen-bond acceptors (Lipinski definition) is 5. The number of fused-ring (bicyclic) bond motifs is 1. The van der Waals surface area contributed by atoms with Gasteiger partial charge in [0.1, 0.15) is 6.04 Å². The molecule has 1 aliphatic heterocycles. The molecule has 2 aromatic rings. The van der Waals surface area contributed by atoms with Gasteiger partial charge in [-0.2, -0.15) is 0 Å². The summed E-state index contributed by atoms with van der Waals surface area (Å²) in [6, 6.07) is 1.67. The molecule has 1 saturated heterocycles. The highest BCUT2D eigenvalue weighted by Crippen LogP contribution is 2.34. The average molecular weight is 376 g/mol. The number of hydrogen-bond donors (Lipinski definition) is 1. The Morgan fingerprint density at radius 3 is 3.04 bits per heavy atom. The fourth-order valence-electron chi connectivity index (χ4n) is 3.71. The van der Waals surface area contributed by atoms with E-state index >= 15 is 0 Å². The molecule has 2 amide bonds. The molecule has 5 nitrogen and oxygen atoms in total. The molecule has 0 aromatic carbocycles. The second-order valence-electron chi connectivity index (χ2n) is 6.89. The predicted octanol–water partition coefficient (Wildman–Crippen LogP) is 3.57. The summed E-state index contributed by atoms with van der Waals surface area (Å²) in [5.41, 5.74) is 1.33. The smallest absolute Gasteiger partial charge is 0.264 e. The molecule has 0 bridgehead atoms. The molecule has 1 aliphatic carbocycles. The fourth-order valence-corrected chi connectivity index (χ4v) is 5.41.